The SMILES string of the molecule is CC1(C)c2ccccc2-c2ccc(-c3nc(-c4ccc5c(c4)-c4c(-c6nc(-c7ccccc7)nc(-c7ccccc7)n6)cccc4C54c5ccccc5-n5c6ccccc6c6cccc4c65)nc4c3oc3ccccc34)cc21. The van der Waals surface area contributed by atoms with Crippen molar-refractivity contribution in [3.63, 3.8) is 0 Å². The van der Waals surface area contributed by atoms with Gasteiger partial charge in [-0.1, -0.05) is 208 Å². The van der Waals surface area contributed by atoms with Crippen LogP contribution < -0.4 is 0 Å². The second-order valence-electron chi connectivity index (χ2n) is 21.5. The first kappa shape index (κ1) is 43.2. The quantitative estimate of drug-likeness (QED) is 0.171. The Hall–Kier alpha value is -10.1. The molecular weight excluding hydrogens is 953 g/mol. The fraction of sp³-hybridized carbons (Fsp3) is 0.0563. The molecule has 0 saturated carbocycles. The van der Waals surface area contributed by atoms with E-state index >= 15 is 0 Å². The van der Waals surface area contributed by atoms with Gasteiger partial charge in [0.1, 0.15) is 16.8 Å². The first-order chi connectivity index (χ1) is 38.4. The summed E-state index contributed by atoms with van der Waals surface area (Å²) in [5, 5.41) is 3.39. The van der Waals surface area contributed by atoms with E-state index in [4.69, 9.17) is 29.3 Å². The monoisotopic (exact) mass is 996 g/mol. The van der Waals surface area contributed by atoms with Crippen LogP contribution in [0.5, 0.6) is 0 Å². The molecular formula is C71H44N6O. The van der Waals surface area contributed by atoms with Crippen molar-refractivity contribution in [3.8, 4) is 84.7 Å². The third-order valence-electron chi connectivity index (χ3n) is 17.1. The summed E-state index contributed by atoms with van der Waals surface area (Å²) in [7, 11) is 0. The molecule has 1 spiro atoms. The van der Waals surface area contributed by atoms with Gasteiger partial charge in [-0.2, -0.15) is 0 Å². The largest absolute Gasteiger partial charge is 0.452 e. The topological polar surface area (TPSA) is 82.5 Å². The molecule has 0 N–H and O–H groups in total. The zero-order chi connectivity index (χ0) is 51.4. The number of benzene rings is 10. The number of para-hydroxylation sites is 4. The normalized spacial score (nSPS) is 15.2. The average molecular weight is 997 g/mol. The highest BCUT2D eigenvalue weighted by Crippen LogP contribution is 2.63. The van der Waals surface area contributed by atoms with Crippen LogP contribution in [0.15, 0.2) is 235 Å². The van der Waals surface area contributed by atoms with E-state index in [0.29, 0.717) is 28.9 Å². The van der Waals surface area contributed by atoms with Crippen LogP contribution in [0.3, 0.4) is 0 Å². The Kier molecular flexibility index (Phi) is 8.70. The Balaban J connectivity index is 0.959. The molecule has 0 bridgehead atoms. The van der Waals surface area contributed by atoms with Gasteiger partial charge in [0.25, 0.3) is 0 Å². The van der Waals surface area contributed by atoms with E-state index in [2.05, 4.69) is 200 Å². The van der Waals surface area contributed by atoms with Gasteiger partial charge in [0.05, 0.1) is 22.1 Å². The summed E-state index contributed by atoms with van der Waals surface area (Å²) in [6.07, 6.45) is 0. The summed E-state index contributed by atoms with van der Waals surface area (Å²) in [6, 6.07) is 82.4. The van der Waals surface area contributed by atoms with Gasteiger partial charge in [-0.3, -0.25) is 0 Å². The van der Waals surface area contributed by atoms with Crippen molar-refractivity contribution in [3.05, 3.63) is 264 Å². The van der Waals surface area contributed by atoms with Crippen molar-refractivity contribution in [1.82, 2.24) is 29.5 Å². The molecule has 1 aliphatic heterocycles. The molecule has 0 saturated heterocycles. The average Bonchev–Trinajstić information content (AvgIpc) is 4.28. The van der Waals surface area contributed by atoms with Gasteiger partial charge < -0.3 is 8.98 Å². The maximum atomic E-state index is 6.77. The predicted molar refractivity (Wildman–Crippen MR) is 313 cm³/mol. The molecule has 0 amide bonds. The fourth-order valence-corrected chi connectivity index (χ4v) is 13.7. The lowest BCUT2D eigenvalue weighted by molar-refractivity contribution is 0.659. The zero-order valence-corrected chi connectivity index (χ0v) is 42.5. The summed E-state index contributed by atoms with van der Waals surface area (Å²) in [5.41, 5.74) is 22.2. The Morgan fingerprint density at radius 3 is 1.79 bits per heavy atom. The molecule has 364 valence electrons. The molecule has 7 heteroatoms. The molecule has 7 nitrogen and oxygen atoms in total. The second-order valence-corrected chi connectivity index (χ2v) is 21.5. The van der Waals surface area contributed by atoms with Gasteiger partial charge in [-0.15, -0.1) is 0 Å². The minimum absolute atomic E-state index is 0.204. The van der Waals surface area contributed by atoms with Gasteiger partial charge in [-0.05, 0) is 92.0 Å². The summed E-state index contributed by atoms with van der Waals surface area (Å²) in [6.45, 7) is 4.64. The molecule has 17 rings (SSSR count). The molecule has 1 atom stereocenters. The predicted octanol–water partition coefficient (Wildman–Crippen LogP) is 17.0. The van der Waals surface area contributed by atoms with Gasteiger partial charge in [-0.25, -0.2) is 24.9 Å². The Labute approximate surface area is 448 Å². The lowest BCUT2D eigenvalue weighted by atomic mass is 9.65. The van der Waals surface area contributed by atoms with E-state index in [1.807, 2.05) is 48.5 Å². The molecule has 78 heavy (non-hydrogen) atoms. The molecule has 14 aromatic rings. The summed E-state index contributed by atoms with van der Waals surface area (Å²) in [4.78, 5) is 27.0. The van der Waals surface area contributed by atoms with Gasteiger partial charge in [0.15, 0.2) is 28.9 Å². The molecule has 0 radical (unpaired) electrons. The molecule has 10 aromatic carbocycles. The Bertz CT molecular complexity index is 4840. The first-order valence-corrected chi connectivity index (χ1v) is 26.7. The van der Waals surface area contributed by atoms with Crippen molar-refractivity contribution >= 4 is 43.9 Å². The van der Waals surface area contributed by atoms with E-state index in [0.717, 1.165) is 72.4 Å². The number of hydrogen-bond acceptors (Lipinski definition) is 6. The number of nitrogens with zero attached hydrogens (tertiary/aromatic N) is 6. The second kappa shape index (κ2) is 15.7. The standard InChI is InChI=1S/C71H44N6O/c1-70(2)52-28-12-9-23-45(52)46-37-35-43(40-57(46)70)62-65-63(49-25-11-16-34-60(49)78-65)73-68(72-62)44-36-38-53-51(39-44)61-50(69-75-66(41-19-5-3-6-20-41)74-67(76-69)42-21-7-4-8-22-42)27-18-30-55(61)71(53)54-29-13-15-33-59(54)77-58-32-14-10-24-47(58)48-26-17-31-56(71)64(48)77/h3-40H,1-2H3. The highest BCUT2D eigenvalue weighted by Gasteiger charge is 2.52. The molecule has 1 unspecified atom stereocenters. The van der Waals surface area contributed by atoms with Crippen LogP contribution in [0.2, 0.25) is 0 Å². The fourth-order valence-electron chi connectivity index (χ4n) is 13.7. The van der Waals surface area contributed by atoms with Crippen LogP contribution >= 0.6 is 0 Å². The van der Waals surface area contributed by atoms with Gasteiger partial charge in [0, 0.05) is 49.4 Å². The van der Waals surface area contributed by atoms with E-state index in [1.54, 1.807) is 0 Å². The van der Waals surface area contributed by atoms with Gasteiger partial charge >= 0.3 is 0 Å². The van der Waals surface area contributed by atoms with Crippen LogP contribution in [0.1, 0.15) is 47.2 Å². The van der Waals surface area contributed by atoms with Crippen molar-refractivity contribution < 1.29 is 4.42 Å². The van der Waals surface area contributed by atoms with Crippen molar-refractivity contribution in [1.29, 1.82) is 0 Å². The van der Waals surface area contributed by atoms with E-state index in [1.165, 1.54) is 60.8 Å². The molecule has 3 aliphatic rings. The van der Waals surface area contributed by atoms with Crippen LogP contribution in [0, 0.1) is 0 Å². The summed E-state index contributed by atoms with van der Waals surface area (Å²) < 4.78 is 9.26. The molecule has 5 heterocycles. The third kappa shape index (κ3) is 5.74. The minimum Gasteiger partial charge on any atom is -0.452 e. The van der Waals surface area contributed by atoms with Gasteiger partial charge in [0.2, 0.25) is 0 Å². The van der Waals surface area contributed by atoms with E-state index in [9.17, 15) is 0 Å². The summed E-state index contributed by atoms with van der Waals surface area (Å²) >= 11 is 0. The number of rotatable bonds is 5. The Morgan fingerprint density at radius 2 is 0.974 bits per heavy atom. The first-order valence-electron chi connectivity index (χ1n) is 26.7. The Morgan fingerprint density at radius 1 is 0.372 bits per heavy atom. The lowest BCUT2D eigenvalue weighted by Gasteiger charge is -2.39. The lowest BCUT2D eigenvalue weighted by Crippen LogP contribution is -2.33. The minimum atomic E-state index is -0.747. The number of hydrogen-bond donors (Lipinski definition) is 0. The highest BCUT2D eigenvalue weighted by atomic mass is 16.3. The number of furan rings is 1. The number of fused-ring (bicyclic) bond motifs is 18. The highest BCUT2D eigenvalue weighted by molar-refractivity contribution is 6.13. The van der Waals surface area contributed by atoms with Crippen LogP contribution in [-0.2, 0) is 10.8 Å². The summed E-state index contributed by atoms with van der Waals surface area (Å²) in [5.74, 6) is 2.42. The van der Waals surface area contributed by atoms with Crippen LogP contribution in [0.4, 0.5) is 0 Å². The zero-order valence-electron chi connectivity index (χ0n) is 42.5. The smallest absolute Gasteiger partial charge is 0.180 e. The van der Waals surface area contributed by atoms with E-state index < -0.39 is 5.41 Å². The van der Waals surface area contributed by atoms with Crippen molar-refractivity contribution in [2.75, 3.05) is 0 Å². The van der Waals surface area contributed by atoms with Crippen molar-refractivity contribution in [2.24, 2.45) is 0 Å². The molecule has 2 aliphatic carbocycles. The third-order valence-corrected chi connectivity index (χ3v) is 17.1. The maximum absolute atomic E-state index is 6.77. The molecule has 4 aromatic heterocycles. The van der Waals surface area contributed by atoms with Crippen molar-refractivity contribution in [2.45, 2.75) is 24.7 Å². The maximum Gasteiger partial charge on any atom is 0.180 e. The molecule has 0 fully saturated rings. The van der Waals surface area contributed by atoms with Crippen LogP contribution in [0.25, 0.3) is 129 Å². The number of aromatic nitrogens is 6. The van der Waals surface area contributed by atoms with E-state index in [-0.39, 0.29) is 5.41 Å². The van der Waals surface area contributed by atoms with Crippen LogP contribution in [-0.4, -0.2) is 29.5 Å².